The van der Waals surface area contributed by atoms with Crippen LogP contribution < -0.4 is 10.5 Å². The largest absolute Gasteiger partial charge is 0.480 e. The molecule has 0 radical (unpaired) electrons. The summed E-state index contributed by atoms with van der Waals surface area (Å²) in [7, 11) is 0. The molecule has 2 aromatic carbocycles. The van der Waals surface area contributed by atoms with Crippen LogP contribution >= 0.6 is 0 Å². The van der Waals surface area contributed by atoms with Crippen LogP contribution in [0.4, 0.5) is 0 Å². The van der Waals surface area contributed by atoms with Crippen molar-refractivity contribution < 1.29 is 14.6 Å². The summed E-state index contributed by atoms with van der Waals surface area (Å²) in [6.07, 6.45) is 0. The number of aryl methyl sites for hydroxylation is 1. The van der Waals surface area contributed by atoms with Crippen molar-refractivity contribution in [3.05, 3.63) is 59.7 Å². The average Bonchev–Trinajstić information content (AvgIpc) is 2.41. The molecule has 0 saturated heterocycles. The third-order valence-corrected chi connectivity index (χ3v) is 2.77. The number of carboxylic acids is 1. The predicted molar refractivity (Wildman–Crippen MR) is 72.3 cm³/mol. The Labute approximate surface area is 111 Å². The number of rotatable bonds is 4. The Morgan fingerprint density at radius 1 is 1.16 bits per heavy atom. The van der Waals surface area contributed by atoms with Crippen LogP contribution in [0.25, 0.3) is 0 Å². The number of para-hydroxylation sites is 1. The lowest BCUT2D eigenvalue weighted by molar-refractivity contribution is -0.138. The molecule has 0 aliphatic heterocycles. The molecule has 0 bridgehead atoms. The highest BCUT2D eigenvalue weighted by molar-refractivity contribution is 5.76. The Morgan fingerprint density at radius 2 is 1.79 bits per heavy atom. The molecule has 19 heavy (non-hydrogen) atoms. The Balaban J connectivity index is 2.30. The Hall–Kier alpha value is -2.33. The zero-order valence-electron chi connectivity index (χ0n) is 10.5. The Kier molecular flexibility index (Phi) is 3.82. The monoisotopic (exact) mass is 257 g/mol. The highest BCUT2D eigenvalue weighted by Gasteiger charge is 2.18. The first-order chi connectivity index (χ1) is 9.08. The molecule has 98 valence electrons. The molecular formula is C15H15NO3. The van der Waals surface area contributed by atoms with E-state index in [4.69, 9.17) is 15.6 Å². The van der Waals surface area contributed by atoms with Crippen LogP contribution in [-0.4, -0.2) is 11.1 Å². The van der Waals surface area contributed by atoms with Crippen molar-refractivity contribution in [2.75, 3.05) is 0 Å². The first-order valence-electron chi connectivity index (χ1n) is 5.90. The zero-order chi connectivity index (χ0) is 13.8. The summed E-state index contributed by atoms with van der Waals surface area (Å²) in [5.41, 5.74) is 7.22. The maximum Gasteiger partial charge on any atom is 0.325 e. The van der Waals surface area contributed by atoms with Gasteiger partial charge in [-0.1, -0.05) is 35.9 Å². The van der Waals surface area contributed by atoms with Crippen molar-refractivity contribution in [1.29, 1.82) is 0 Å². The van der Waals surface area contributed by atoms with Gasteiger partial charge in [0.1, 0.15) is 17.5 Å². The molecule has 2 aromatic rings. The fraction of sp³-hybridized carbons (Fsp3) is 0.133. The molecule has 0 aliphatic carbocycles. The summed E-state index contributed by atoms with van der Waals surface area (Å²) >= 11 is 0. The second kappa shape index (κ2) is 5.54. The zero-order valence-corrected chi connectivity index (χ0v) is 10.5. The molecule has 0 fully saturated rings. The van der Waals surface area contributed by atoms with Crippen LogP contribution in [0.2, 0.25) is 0 Å². The van der Waals surface area contributed by atoms with Gasteiger partial charge in [-0.05, 0) is 25.1 Å². The van der Waals surface area contributed by atoms with Gasteiger partial charge in [0.25, 0.3) is 0 Å². The highest BCUT2D eigenvalue weighted by Crippen LogP contribution is 2.28. The van der Waals surface area contributed by atoms with Gasteiger partial charge in [-0.2, -0.15) is 0 Å². The van der Waals surface area contributed by atoms with E-state index >= 15 is 0 Å². The van der Waals surface area contributed by atoms with Crippen molar-refractivity contribution in [3.8, 4) is 11.5 Å². The van der Waals surface area contributed by atoms with Gasteiger partial charge in [-0.15, -0.1) is 0 Å². The molecule has 0 amide bonds. The van der Waals surface area contributed by atoms with Gasteiger partial charge in [0.05, 0.1) is 0 Å². The molecule has 4 heteroatoms. The van der Waals surface area contributed by atoms with Crippen molar-refractivity contribution in [1.82, 2.24) is 0 Å². The number of ether oxygens (including phenoxy) is 1. The molecule has 0 heterocycles. The molecule has 0 saturated carbocycles. The van der Waals surface area contributed by atoms with Gasteiger partial charge in [-0.3, -0.25) is 4.79 Å². The first-order valence-corrected chi connectivity index (χ1v) is 5.90. The van der Waals surface area contributed by atoms with Gasteiger partial charge >= 0.3 is 5.97 Å². The fourth-order valence-electron chi connectivity index (χ4n) is 1.70. The second-order valence-corrected chi connectivity index (χ2v) is 4.27. The molecule has 0 aliphatic rings. The van der Waals surface area contributed by atoms with E-state index in [0.29, 0.717) is 17.1 Å². The van der Waals surface area contributed by atoms with Gasteiger partial charge in [0, 0.05) is 5.56 Å². The van der Waals surface area contributed by atoms with Crippen LogP contribution in [-0.2, 0) is 4.79 Å². The van der Waals surface area contributed by atoms with E-state index in [9.17, 15) is 4.79 Å². The number of nitrogens with two attached hydrogens (primary N) is 1. The predicted octanol–water partition coefficient (Wildman–Crippen LogP) is 2.87. The van der Waals surface area contributed by atoms with E-state index in [2.05, 4.69) is 0 Å². The molecule has 0 spiro atoms. The number of aliphatic carboxylic acids is 1. The molecule has 0 aromatic heterocycles. The quantitative estimate of drug-likeness (QED) is 0.883. The van der Waals surface area contributed by atoms with E-state index in [1.165, 1.54) is 0 Å². The average molecular weight is 257 g/mol. The van der Waals surface area contributed by atoms with E-state index in [-0.39, 0.29) is 0 Å². The Bertz CT molecular complexity index is 578. The molecule has 4 nitrogen and oxygen atoms in total. The lowest BCUT2D eigenvalue weighted by atomic mass is 10.1. The van der Waals surface area contributed by atoms with E-state index in [0.717, 1.165) is 5.56 Å². The third kappa shape index (κ3) is 3.11. The van der Waals surface area contributed by atoms with Gasteiger partial charge in [-0.25, -0.2) is 0 Å². The second-order valence-electron chi connectivity index (χ2n) is 4.27. The van der Waals surface area contributed by atoms with Gasteiger partial charge < -0.3 is 15.6 Å². The summed E-state index contributed by atoms with van der Waals surface area (Å²) in [6.45, 7) is 1.98. The van der Waals surface area contributed by atoms with Crippen molar-refractivity contribution in [2.24, 2.45) is 5.73 Å². The number of hydrogen-bond donors (Lipinski definition) is 2. The standard InChI is InChI=1S/C15H15NO3/c1-10-6-8-11(9-7-10)19-13-5-3-2-4-12(13)14(16)15(17)18/h2-9,14H,16H2,1H3,(H,17,18)/t14-/m0/s1. The van der Waals surface area contributed by atoms with Crippen LogP contribution in [0.15, 0.2) is 48.5 Å². The number of carboxylic acid groups (broad SMARTS) is 1. The summed E-state index contributed by atoms with van der Waals surface area (Å²) in [5.74, 6) is 0.0249. The van der Waals surface area contributed by atoms with Gasteiger partial charge in [0.15, 0.2) is 0 Å². The van der Waals surface area contributed by atoms with E-state index in [1.54, 1.807) is 24.3 Å². The SMILES string of the molecule is Cc1ccc(Oc2ccccc2[C@H](N)C(=O)O)cc1. The highest BCUT2D eigenvalue weighted by atomic mass is 16.5. The minimum absolute atomic E-state index is 0.454. The smallest absolute Gasteiger partial charge is 0.325 e. The fourth-order valence-corrected chi connectivity index (χ4v) is 1.70. The molecule has 0 unspecified atom stereocenters. The van der Waals surface area contributed by atoms with Crippen molar-refractivity contribution >= 4 is 5.97 Å². The summed E-state index contributed by atoms with van der Waals surface area (Å²) in [6, 6.07) is 13.3. The van der Waals surface area contributed by atoms with Crippen LogP contribution in [0.3, 0.4) is 0 Å². The van der Waals surface area contributed by atoms with E-state index < -0.39 is 12.0 Å². The molecule has 2 rings (SSSR count). The van der Waals surface area contributed by atoms with Crippen LogP contribution in [0.1, 0.15) is 17.2 Å². The van der Waals surface area contributed by atoms with Gasteiger partial charge in [0.2, 0.25) is 0 Å². The summed E-state index contributed by atoms with van der Waals surface area (Å²) in [4.78, 5) is 11.0. The maximum absolute atomic E-state index is 11.0. The molecule has 3 N–H and O–H groups in total. The molecule has 1 atom stereocenters. The normalized spacial score (nSPS) is 11.9. The van der Waals surface area contributed by atoms with Crippen LogP contribution in [0, 0.1) is 6.92 Å². The van der Waals surface area contributed by atoms with Crippen LogP contribution in [0.5, 0.6) is 11.5 Å². The summed E-state index contributed by atoms with van der Waals surface area (Å²) in [5, 5.41) is 8.98. The topological polar surface area (TPSA) is 72.5 Å². The Morgan fingerprint density at radius 3 is 2.42 bits per heavy atom. The summed E-state index contributed by atoms with van der Waals surface area (Å²) < 4.78 is 5.69. The maximum atomic E-state index is 11.0. The van der Waals surface area contributed by atoms with Crippen molar-refractivity contribution in [2.45, 2.75) is 13.0 Å². The first kappa shape index (κ1) is 13.1. The molecular weight excluding hydrogens is 242 g/mol. The number of benzene rings is 2. The third-order valence-electron chi connectivity index (χ3n) is 2.77. The minimum Gasteiger partial charge on any atom is -0.480 e. The van der Waals surface area contributed by atoms with E-state index in [1.807, 2.05) is 31.2 Å². The lowest BCUT2D eigenvalue weighted by Gasteiger charge is -2.13. The number of hydrogen-bond acceptors (Lipinski definition) is 3. The van der Waals surface area contributed by atoms with Crippen molar-refractivity contribution in [3.63, 3.8) is 0 Å². The minimum atomic E-state index is -1.10. The lowest BCUT2D eigenvalue weighted by Crippen LogP contribution is -2.21. The number of carbonyl (C=O) groups is 1.